The summed E-state index contributed by atoms with van der Waals surface area (Å²) in [5.41, 5.74) is 2.21. The maximum absolute atomic E-state index is 12.3. The molecule has 6 heteroatoms. The Morgan fingerprint density at radius 3 is 2.71 bits per heavy atom. The van der Waals surface area contributed by atoms with Crippen LogP contribution in [0.3, 0.4) is 0 Å². The van der Waals surface area contributed by atoms with Crippen LogP contribution in [-0.2, 0) is 16.1 Å². The molecule has 0 radical (unpaired) electrons. The standard InChI is InChI=1S/C18H24N4O2/c1-15-19-12-17(22(15)16-6-4-3-5-7-16)13-20-8-9-21(10-11-24-2)18(23)14-20/h3-7,12H,8-11,13-14H2,1-2H3. The molecule has 2 heterocycles. The lowest BCUT2D eigenvalue weighted by Gasteiger charge is -2.34. The van der Waals surface area contributed by atoms with E-state index in [9.17, 15) is 4.79 Å². The number of hydrogen-bond acceptors (Lipinski definition) is 4. The first kappa shape index (κ1) is 16.7. The molecule has 1 fully saturated rings. The largest absolute Gasteiger partial charge is 0.383 e. The molecule has 1 aliphatic rings. The molecule has 0 N–H and O–H groups in total. The average molecular weight is 328 g/mol. The Bertz CT molecular complexity index is 684. The molecular weight excluding hydrogens is 304 g/mol. The Morgan fingerprint density at radius 2 is 2.00 bits per heavy atom. The van der Waals surface area contributed by atoms with Crippen LogP contribution in [0.4, 0.5) is 0 Å². The van der Waals surface area contributed by atoms with Crippen molar-refractivity contribution in [2.24, 2.45) is 0 Å². The van der Waals surface area contributed by atoms with Crippen LogP contribution >= 0.6 is 0 Å². The van der Waals surface area contributed by atoms with E-state index in [1.54, 1.807) is 7.11 Å². The average Bonchev–Trinajstić information content (AvgIpc) is 2.95. The second-order valence-corrected chi connectivity index (χ2v) is 6.05. The molecule has 1 saturated heterocycles. The zero-order chi connectivity index (χ0) is 16.9. The first-order chi connectivity index (χ1) is 11.7. The molecule has 6 nitrogen and oxygen atoms in total. The number of piperazine rings is 1. The van der Waals surface area contributed by atoms with Gasteiger partial charge < -0.3 is 9.64 Å². The molecule has 1 amide bonds. The number of amides is 1. The highest BCUT2D eigenvalue weighted by Crippen LogP contribution is 2.17. The molecule has 0 atom stereocenters. The minimum atomic E-state index is 0.167. The maximum Gasteiger partial charge on any atom is 0.236 e. The van der Waals surface area contributed by atoms with Crippen molar-refractivity contribution in [2.75, 3.05) is 39.9 Å². The lowest BCUT2D eigenvalue weighted by atomic mass is 10.2. The smallest absolute Gasteiger partial charge is 0.236 e. The van der Waals surface area contributed by atoms with E-state index in [2.05, 4.69) is 26.6 Å². The second kappa shape index (κ2) is 7.59. The van der Waals surface area contributed by atoms with Crippen molar-refractivity contribution in [3.05, 3.63) is 48.0 Å². The number of carbonyl (C=O) groups is 1. The third-order valence-electron chi connectivity index (χ3n) is 4.37. The van der Waals surface area contributed by atoms with Gasteiger partial charge in [-0.15, -0.1) is 0 Å². The van der Waals surface area contributed by atoms with E-state index in [4.69, 9.17) is 4.74 Å². The summed E-state index contributed by atoms with van der Waals surface area (Å²) < 4.78 is 7.22. The molecule has 0 aliphatic carbocycles. The molecule has 128 valence electrons. The SMILES string of the molecule is COCCN1CCN(Cc2cnc(C)n2-c2ccccc2)CC1=O. The van der Waals surface area contributed by atoms with Crippen LogP contribution in [0, 0.1) is 6.92 Å². The summed E-state index contributed by atoms with van der Waals surface area (Å²) in [4.78, 5) is 20.8. The monoisotopic (exact) mass is 328 g/mol. The van der Waals surface area contributed by atoms with Gasteiger partial charge in [0.05, 0.1) is 25.0 Å². The third kappa shape index (κ3) is 3.66. The normalized spacial score (nSPS) is 15.9. The fourth-order valence-corrected chi connectivity index (χ4v) is 3.09. The topological polar surface area (TPSA) is 50.6 Å². The quantitative estimate of drug-likeness (QED) is 0.806. The van der Waals surface area contributed by atoms with E-state index in [-0.39, 0.29) is 5.91 Å². The van der Waals surface area contributed by atoms with Gasteiger partial charge in [0.25, 0.3) is 0 Å². The molecule has 0 bridgehead atoms. The highest BCUT2D eigenvalue weighted by Gasteiger charge is 2.24. The number of aryl methyl sites for hydroxylation is 1. The molecule has 0 spiro atoms. The summed E-state index contributed by atoms with van der Waals surface area (Å²) in [6, 6.07) is 10.2. The van der Waals surface area contributed by atoms with E-state index in [1.165, 1.54) is 0 Å². The lowest BCUT2D eigenvalue weighted by Crippen LogP contribution is -2.50. The molecular formula is C18H24N4O2. The van der Waals surface area contributed by atoms with Crippen molar-refractivity contribution >= 4 is 5.91 Å². The first-order valence-corrected chi connectivity index (χ1v) is 8.26. The summed E-state index contributed by atoms with van der Waals surface area (Å²) in [6.07, 6.45) is 1.91. The Hall–Kier alpha value is -2.18. The first-order valence-electron chi connectivity index (χ1n) is 8.26. The number of para-hydroxylation sites is 1. The van der Waals surface area contributed by atoms with Crippen molar-refractivity contribution in [2.45, 2.75) is 13.5 Å². The summed E-state index contributed by atoms with van der Waals surface area (Å²) in [5, 5.41) is 0. The Balaban J connectivity index is 1.69. The van der Waals surface area contributed by atoms with E-state index in [0.717, 1.165) is 36.8 Å². The Kier molecular flexibility index (Phi) is 5.27. The number of methoxy groups -OCH3 is 1. The number of imidazole rings is 1. The van der Waals surface area contributed by atoms with Crippen LogP contribution in [0.25, 0.3) is 5.69 Å². The highest BCUT2D eigenvalue weighted by molar-refractivity contribution is 5.79. The van der Waals surface area contributed by atoms with Crippen molar-refractivity contribution in [1.29, 1.82) is 0 Å². The summed E-state index contributed by atoms with van der Waals surface area (Å²) >= 11 is 0. The number of hydrogen-bond donors (Lipinski definition) is 0. The molecule has 3 rings (SSSR count). The lowest BCUT2D eigenvalue weighted by molar-refractivity contribution is -0.136. The highest BCUT2D eigenvalue weighted by atomic mass is 16.5. The summed E-state index contributed by atoms with van der Waals surface area (Å²) in [5.74, 6) is 1.13. The van der Waals surface area contributed by atoms with Crippen molar-refractivity contribution in [1.82, 2.24) is 19.4 Å². The minimum Gasteiger partial charge on any atom is -0.383 e. The zero-order valence-corrected chi connectivity index (χ0v) is 14.3. The van der Waals surface area contributed by atoms with Gasteiger partial charge in [-0.05, 0) is 19.1 Å². The summed E-state index contributed by atoms with van der Waals surface area (Å²) in [6.45, 7) is 6.05. The zero-order valence-electron chi connectivity index (χ0n) is 14.3. The van der Waals surface area contributed by atoms with Crippen LogP contribution in [0.2, 0.25) is 0 Å². The number of carbonyl (C=O) groups excluding carboxylic acids is 1. The second-order valence-electron chi connectivity index (χ2n) is 6.05. The molecule has 1 aromatic heterocycles. The van der Waals surface area contributed by atoms with Gasteiger partial charge in [0.1, 0.15) is 5.82 Å². The van der Waals surface area contributed by atoms with Crippen LogP contribution < -0.4 is 0 Å². The molecule has 2 aromatic rings. The van der Waals surface area contributed by atoms with Crippen molar-refractivity contribution in [3.63, 3.8) is 0 Å². The molecule has 0 saturated carbocycles. The number of benzene rings is 1. The minimum absolute atomic E-state index is 0.167. The van der Waals surface area contributed by atoms with E-state index in [1.807, 2.05) is 36.2 Å². The van der Waals surface area contributed by atoms with E-state index < -0.39 is 0 Å². The van der Waals surface area contributed by atoms with Gasteiger partial charge in [0.15, 0.2) is 0 Å². The fraction of sp³-hybridized carbons (Fsp3) is 0.444. The van der Waals surface area contributed by atoms with Gasteiger partial charge in [-0.25, -0.2) is 4.98 Å². The predicted molar refractivity (Wildman–Crippen MR) is 92.0 cm³/mol. The molecule has 24 heavy (non-hydrogen) atoms. The molecule has 1 aliphatic heterocycles. The van der Waals surface area contributed by atoms with Crippen LogP contribution in [-0.4, -0.2) is 65.2 Å². The van der Waals surface area contributed by atoms with Gasteiger partial charge in [0.2, 0.25) is 5.91 Å². The van der Waals surface area contributed by atoms with Crippen LogP contribution in [0.1, 0.15) is 11.5 Å². The number of ether oxygens (including phenoxy) is 1. The van der Waals surface area contributed by atoms with Crippen LogP contribution in [0.15, 0.2) is 36.5 Å². The van der Waals surface area contributed by atoms with Gasteiger partial charge >= 0.3 is 0 Å². The Morgan fingerprint density at radius 1 is 1.21 bits per heavy atom. The van der Waals surface area contributed by atoms with Gasteiger partial charge in [-0.2, -0.15) is 0 Å². The van der Waals surface area contributed by atoms with Crippen molar-refractivity contribution in [3.8, 4) is 5.69 Å². The van der Waals surface area contributed by atoms with Gasteiger partial charge in [0, 0.05) is 39.0 Å². The fourth-order valence-electron chi connectivity index (χ4n) is 3.09. The molecule has 1 aromatic carbocycles. The van der Waals surface area contributed by atoms with Gasteiger partial charge in [-0.1, -0.05) is 18.2 Å². The van der Waals surface area contributed by atoms with E-state index in [0.29, 0.717) is 19.7 Å². The third-order valence-corrected chi connectivity index (χ3v) is 4.37. The predicted octanol–water partition coefficient (Wildman–Crippen LogP) is 1.47. The van der Waals surface area contributed by atoms with E-state index >= 15 is 0 Å². The number of rotatable bonds is 6. The van der Waals surface area contributed by atoms with Gasteiger partial charge in [-0.3, -0.25) is 14.3 Å². The Labute approximate surface area is 142 Å². The molecule has 0 unspecified atom stereocenters. The van der Waals surface area contributed by atoms with Crippen LogP contribution in [0.5, 0.6) is 0 Å². The number of aromatic nitrogens is 2. The van der Waals surface area contributed by atoms with Crippen molar-refractivity contribution < 1.29 is 9.53 Å². The maximum atomic E-state index is 12.3. The number of nitrogens with zero attached hydrogens (tertiary/aromatic N) is 4. The summed E-state index contributed by atoms with van der Waals surface area (Å²) in [7, 11) is 1.66.